The Morgan fingerprint density at radius 2 is 2.35 bits per heavy atom. The van der Waals surface area contributed by atoms with Crippen LogP contribution in [0.2, 0.25) is 0 Å². The number of rotatable bonds is 4. The van der Waals surface area contributed by atoms with Crippen molar-refractivity contribution in [3.8, 4) is 6.07 Å². The van der Waals surface area contributed by atoms with E-state index in [1.165, 1.54) is 16.7 Å². The number of carboxylic acid groups (broad SMARTS) is 1. The highest BCUT2D eigenvalue weighted by Gasteiger charge is 2.14. The molecule has 2 aromatic rings. The number of aromatic carboxylic acids is 1. The predicted molar refractivity (Wildman–Crippen MR) is 80.0 cm³/mol. The third-order valence-electron chi connectivity index (χ3n) is 2.58. The van der Waals surface area contributed by atoms with Crippen molar-refractivity contribution in [2.24, 2.45) is 0 Å². The smallest absolute Gasteiger partial charge is 0.355 e. The van der Waals surface area contributed by atoms with Crippen molar-refractivity contribution >= 4 is 38.9 Å². The number of benzene rings is 1. The molecule has 0 bridgehead atoms. The minimum atomic E-state index is -1.03. The topological polar surface area (TPSA) is 86.0 Å². The number of hydrogen-bond donors (Lipinski definition) is 2. The molecular formula is C13H10BrN3O2S. The van der Waals surface area contributed by atoms with Crippen molar-refractivity contribution in [3.63, 3.8) is 0 Å². The van der Waals surface area contributed by atoms with E-state index < -0.39 is 5.97 Å². The van der Waals surface area contributed by atoms with Gasteiger partial charge in [-0.15, -0.1) is 11.3 Å². The standard InChI is InChI=1S/C13H10BrN3O2S/c1-7(12-17-11(6-20-12)13(18)19)16-9-3-2-8(5-15)10(14)4-9/h2-4,6-7,16H,1H3,(H,18,19). The van der Waals surface area contributed by atoms with Gasteiger partial charge in [-0.25, -0.2) is 9.78 Å². The maximum absolute atomic E-state index is 10.8. The zero-order chi connectivity index (χ0) is 14.7. The van der Waals surface area contributed by atoms with Crippen LogP contribution in [0.25, 0.3) is 0 Å². The Morgan fingerprint density at radius 3 is 2.90 bits per heavy atom. The number of aromatic nitrogens is 1. The summed E-state index contributed by atoms with van der Waals surface area (Å²) in [5.41, 5.74) is 1.45. The van der Waals surface area contributed by atoms with Gasteiger partial charge in [-0.2, -0.15) is 5.26 Å². The number of halogens is 1. The summed E-state index contributed by atoms with van der Waals surface area (Å²) >= 11 is 4.62. The molecule has 0 radical (unpaired) electrons. The van der Waals surface area contributed by atoms with Crippen LogP contribution in [0.5, 0.6) is 0 Å². The van der Waals surface area contributed by atoms with Crippen molar-refractivity contribution in [1.82, 2.24) is 4.98 Å². The van der Waals surface area contributed by atoms with Crippen molar-refractivity contribution < 1.29 is 9.90 Å². The largest absolute Gasteiger partial charge is 0.476 e. The van der Waals surface area contributed by atoms with E-state index in [4.69, 9.17) is 10.4 Å². The number of hydrogen-bond acceptors (Lipinski definition) is 5. The molecular weight excluding hydrogens is 342 g/mol. The lowest BCUT2D eigenvalue weighted by molar-refractivity contribution is 0.0691. The molecule has 7 heteroatoms. The lowest BCUT2D eigenvalue weighted by Gasteiger charge is -2.13. The first kappa shape index (κ1) is 14.5. The third-order valence-corrected chi connectivity index (χ3v) is 4.27. The van der Waals surface area contributed by atoms with E-state index in [1.54, 1.807) is 18.2 Å². The van der Waals surface area contributed by atoms with Crippen LogP contribution < -0.4 is 5.32 Å². The number of thiazole rings is 1. The van der Waals surface area contributed by atoms with Gasteiger partial charge in [-0.3, -0.25) is 0 Å². The first-order valence-electron chi connectivity index (χ1n) is 5.66. The molecule has 0 amide bonds. The maximum atomic E-state index is 10.8. The fourth-order valence-electron chi connectivity index (χ4n) is 1.59. The van der Waals surface area contributed by atoms with Crippen LogP contribution in [0, 0.1) is 11.3 Å². The average Bonchev–Trinajstić information content (AvgIpc) is 2.88. The van der Waals surface area contributed by atoms with Crippen LogP contribution in [-0.2, 0) is 0 Å². The second-order valence-corrected chi connectivity index (χ2v) is 5.79. The number of nitrogens with zero attached hydrogens (tertiary/aromatic N) is 2. The molecule has 20 heavy (non-hydrogen) atoms. The zero-order valence-electron chi connectivity index (χ0n) is 10.4. The maximum Gasteiger partial charge on any atom is 0.355 e. The fourth-order valence-corrected chi connectivity index (χ4v) is 2.86. The monoisotopic (exact) mass is 351 g/mol. The highest BCUT2D eigenvalue weighted by atomic mass is 79.9. The van der Waals surface area contributed by atoms with Gasteiger partial charge < -0.3 is 10.4 Å². The normalized spacial score (nSPS) is 11.7. The van der Waals surface area contributed by atoms with Crippen LogP contribution in [0.4, 0.5) is 5.69 Å². The third kappa shape index (κ3) is 3.15. The lowest BCUT2D eigenvalue weighted by Crippen LogP contribution is -2.07. The van der Waals surface area contributed by atoms with Gasteiger partial charge in [-0.05, 0) is 41.1 Å². The average molecular weight is 352 g/mol. The first-order valence-corrected chi connectivity index (χ1v) is 7.33. The molecule has 2 rings (SSSR count). The molecule has 0 fully saturated rings. The Balaban J connectivity index is 2.14. The Morgan fingerprint density at radius 1 is 1.60 bits per heavy atom. The summed E-state index contributed by atoms with van der Waals surface area (Å²) in [6.07, 6.45) is 0. The van der Waals surface area contributed by atoms with E-state index in [2.05, 4.69) is 32.3 Å². The Hall–Kier alpha value is -1.91. The molecule has 1 unspecified atom stereocenters. The number of carboxylic acids is 1. The van der Waals surface area contributed by atoms with Gasteiger partial charge >= 0.3 is 5.97 Å². The summed E-state index contributed by atoms with van der Waals surface area (Å²) < 4.78 is 0.711. The summed E-state index contributed by atoms with van der Waals surface area (Å²) in [5.74, 6) is -1.03. The van der Waals surface area contributed by atoms with E-state index in [1.807, 2.05) is 6.92 Å². The second-order valence-electron chi connectivity index (χ2n) is 4.05. The molecule has 1 aromatic carbocycles. The van der Waals surface area contributed by atoms with Crippen molar-refractivity contribution in [3.05, 3.63) is 44.3 Å². The highest BCUT2D eigenvalue weighted by molar-refractivity contribution is 9.10. The summed E-state index contributed by atoms with van der Waals surface area (Å²) in [6, 6.07) is 7.27. The second kappa shape index (κ2) is 6.03. The summed E-state index contributed by atoms with van der Waals surface area (Å²) in [4.78, 5) is 14.9. The molecule has 0 aliphatic carbocycles. The van der Waals surface area contributed by atoms with Gasteiger partial charge in [-0.1, -0.05) is 0 Å². The SMILES string of the molecule is CC(Nc1ccc(C#N)c(Br)c1)c1nc(C(=O)O)cs1. The summed E-state index contributed by atoms with van der Waals surface area (Å²) in [7, 11) is 0. The van der Waals surface area contributed by atoms with Crippen molar-refractivity contribution in [2.45, 2.75) is 13.0 Å². The molecule has 0 aliphatic heterocycles. The van der Waals surface area contributed by atoms with Crippen LogP contribution in [0.15, 0.2) is 28.1 Å². The van der Waals surface area contributed by atoms with E-state index in [0.717, 1.165) is 5.69 Å². The van der Waals surface area contributed by atoms with Crippen LogP contribution >= 0.6 is 27.3 Å². The minimum Gasteiger partial charge on any atom is -0.476 e. The highest BCUT2D eigenvalue weighted by Crippen LogP contribution is 2.26. The van der Waals surface area contributed by atoms with E-state index in [0.29, 0.717) is 15.0 Å². The molecule has 1 atom stereocenters. The Bertz CT molecular complexity index is 693. The van der Waals surface area contributed by atoms with Crippen LogP contribution in [-0.4, -0.2) is 16.1 Å². The predicted octanol–water partition coefficient (Wildman–Crippen LogP) is 3.65. The van der Waals surface area contributed by atoms with Gasteiger partial charge in [0.2, 0.25) is 0 Å². The molecule has 0 saturated heterocycles. The van der Waals surface area contributed by atoms with E-state index >= 15 is 0 Å². The molecule has 0 saturated carbocycles. The number of nitriles is 1. The Kier molecular flexibility index (Phi) is 4.37. The number of anilines is 1. The molecule has 102 valence electrons. The summed E-state index contributed by atoms with van der Waals surface area (Å²) in [6.45, 7) is 1.90. The van der Waals surface area contributed by atoms with Gasteiger partial charge in [0.05, 0.1) is 11.6 Å². The van der Waals surface area contributed by atoms with E-state index in [-0.39, 0.29) is 11.7 Å². The fraction of sp³-hybridized carbons (Fsp3) is 0.154. The molecule has 0 spiro atoms. The van der Waals surface area contributed by atoms with Crippen LogP contribution in [0.3, 0.4) is 0 Å². The Labute approximate surface area is 128 Å². The van der Waals surface area contributed by atoms with Gasteiger partial charge in [0, 0.05) is 15.5 Å². The van der Waals surface area contributed by atoms with Crippen LogP contribution in [0.1, 0.15) is 34.0 Å². The molecule has 5 nitrogen and oxygen atoms in total. The lowest BCUT2D eigenvalue weighted by atomic mass is 10.2. The first-order chi connectivity index (χ1) is 9.51. The number of carbonyl (C=O) groups is 1. The molecule has 1 heterocycles. The minimum absolute atomic E-state index is 0.0552. The summed E-state index contributed by atoms with van der Waals surface area (Å²) in [5, 5.41) is 23.1. The van der Waals surface area contributed by atoms with Gasteiger partial charge in [0.1, 0.15) is 11.1 Å². The van der Waals surface area contributed by atoms with E-state index in [9.17, 15) is 4.79 Å². The van der Waals surface area contributed by atoms with Crippen molar-refractivity contribution in [2.75, 3.05) is 5.32 Å². The van der Waals surface area contributed by atoms with Gasteiger partial charge in [0.15, 0.2) is 5.69 Å². The van der Waals surface area contributed by atoms with Gasteiger partial charge in [0.25, 0.3) is 0 Å². The molecule has 1 aromatic heterocycles. The molecule has 2 N–H and O–H groups in total. The van der Waals surface area contributed by atoms with Crippen molar-refractivity contribution in [1.29, 1.82) is 5.26 Å². The quantitative estimate of drug-likeness (QED) is 0.877. The number of nitrogens with one attached hydrogen (secondary N) is 1. The zero-order valence-corrected chi connectivity index (χ0v) is 12.8. The molecule has 0 aliphatic rings.